The third-order valence-corrected chi connectivity index (χ3v) is 2.37. The van der Waals surface area contributed by atoms with Crippen molar-refractivity contribution in [3.05, 3.63) is 24.0 Å². The molecule has 1 unspecified atom stereocenters. The second kappa shape index (κ2) is 5.71. The Labute approximate surface area is 91.9 Å². The number of pyridine rings is 1. The summed E-state index contributed by atoms with van der Waals surface area (Å²) in [7, 11) is 3.64. The van der Waals surface area contributed by atoms with Gasteiger partial charge in [0.15, 0.2) is 0 Å². The average Bonchev–Trinajstić information content (AvgIpc) is 2.25. The molecule has 0 aliphatic rings. The predicted octanol–water partition coefficient (Wildman–Crippen LogP) is 2.86. The third-order valence-electron chi connectivity index (χ3n) is 2.37. The Morgan fingerprint density at radius 1 is 1.47 bits per heavy atom. The van der Waals surface area contributed by atoms with E-state index in [2.05, 4.69) is 24.1 Å². The molecule has 3 nitrogen and oxygen atoms in total. The van der Waals surface area contributed by atoms with Gasteiger partial charge in [-0.25, -0.2) is 0 Å². The number of hydrogen-bond acceptors (Lipinski definition) is 3. The van der Waals surface area contributed by atoms with Crippen LogP contribution in [0, 0.1) is 5.92 Å². The van der Waals surface area contributed by atoms with Crippen LogP contribution in [-0.4, -0.2) is 19.1 Å². The molecular weight excluding hydrogens is 188 g/mol. The van der Waals surface area contributed by atoms with Crippen molar-refractivity contribution in [3.8, 4) is 0 Å². The largest absolute Gasteiger partial charge is 0.388 e. The van der Waals surface area contributed by atoms with Crippen molar-refractivity contribution in [2.45, 2.75) is 26.4 Å². The number of hydrogen-bond donors (Lipinski definition) is 1. The van der Waals surface area contributed by atoms with E-state index in [1.54, 1.807) is 7.11 Å². The molecule has 0 aliphatic carbocycles. The first-order chi connectivity index (χ1) is 7.17. The molecule has 3 heteroatoms. The number of anilines is 1. The maximum atomic E-state index is 5.46. The monoisotopic (exact) mass is 208 g/mol. The summed E-state index contributed by atoms with van der Waals surface area (Å²) in [5, 5.41) is 3.10. The molecule has 0 fully saturated rings. The second-order valence-corrected chi connectivity index (χ2v) is 4.07. The molecule has 84 valence electrons. The zero-order chi connectivity index (χ0) is 11.3. The Hall–Kier alpha value is -1.09. The van der Waals surface area contributed by atoms with Gasteiger partial charge in [-0.15, -0.1) is 0 Å². The number of rotatable bonds is 5. The lowest BCUT2D eigenvalue weighted by Crippen LogP contribution is -2.07. The van der Waals surface area contributed by atoms with Gasteiger partial charge >= 0.3 is 0 Å². The third kappa shape index (κ3) is 3.51. The molecule has 0 aromatic carbocycles. The highest BCUT2D eigenvalue weighted by Gasteiger charge is 2.13. The van der Waals surface area contributed by atoms with Crippen LogP contribution in [0.4, 0.5) is 5.69 Å². The maximum Gasteiger partial charge on any atom is 0.0993 e. The van der Waals surface area contributed by atoms with Crippen LogP contribution in [0.15, 0.2) is 18.3 Å². The highest BCUT2D eigenvalue weighted by atomic mass is 16.5. The van der Waals surface area contributed by atoms with Crippen LogP contribution < -0.4 is 5.32 Å². The Morgan fingerprint density at radius 3 is 2.73 bits per heavy atom. The standard InChI is InChI=1S/C12H20N2O/c1-9(2)7-12(15-4)11-8-10(13-3)5-6-14-11/h5-6,8-9,12H,7H2,1-4H3,(H,13,14). The van der Waals surface area contributed by atoms with Gasteiger partial charge in [-0.3, -0.25) is 4.98 Å². The number of methoxy groups -OCH3 is 1. The van der Waals surface area contributed by atoms with E-state index in [-0.39, 0.29) is 6.10 Å². The van der Waals surface area contributed by atoms with Gasteiger partial charge in [-0.1, -0.05) is 13.8 Å². The molecule has 0 radical (unpaired) electrons. The van der Waals surface area contributed by atoms with Crippen molar-refractivity contribution in [1.82, 2.24) is 4.98 Å². The summed E-state index contributed by atoms with van der Waals surface area (Å²) in [4.78, 5) is 4.35. The van der Waals surface area contributed by atoms with Crippen LogP contribution in [0.1, 0.15) is 32.1 Å². The van der Waals surface area contributed by atoms with Gasteiger partial charge in [0.05, 0.1) is 11.8 Å². The van der Waals surface area contributed by atoms with Gasteiger partial charge < -0.3 is 10.1 Å². The van der Waals surface area contributed by atoms with E-state index in [0.717, 1.165) is 17.8 Å². The molecule has 0 saturated heterocycles. The first kappa shape index (κ1) is 12.0. The summed E-state index contributed by atoms with van der Waals surface area (Å²) in [5.74, 6) is 0.606. The fourth-order valence-electron chi connectivity index (χ4n) is 1.55. The number of aromatic nitrogens is 1. The highest BCUT2D eigenvalue weighted by Crippen LogP contribution is 2.24. The Balaban J connectivity index is 2.81. The fourth-order valence-corrected chi connectivity index (χ4v) is 1.55. The van der Waals surface area contributed by atoms with Gasteiger partial charge in [0, 0.05) is 26.0 Å². The highest BCUT2D eigenvalue weighted by molar-refractivity contribution is 5.42. The maximum absolute atomic E-state index is 5.46. The quantitative estimate of drug-likeness (QED) is 0.808. The Bertz CT molecular complexity index is 299. The first-order valence-electron chi connectivity index (χ1n) is 5.33. The normalized spacial score (nSPS) is 12.9. The van der Waals surface area contributed by atoms with Gasteiger partial charge in [0.25, 0.3) is 0 Å². The van der Waals surface area contributed by atoms with E-state index in [1.807, 2.05) is 25.4 Å². The minimum Gasteiger partial charge on any atom is -0.388 e. The van der Waals surface area contributed by atoms with Gasteiger partial charge in [-0.05, 0) is 24.5 Å². The molecule has 15 heavy (non-hydrogen) atoms. The summed E-state index contributed by atoms with van der Waals surface area (Å²) in [5.41, 5.74) is 2.07. The van der Waals surface area contributed by atoms with E-state index < -0.39 is 0 Å². The Kier molecular flexibility index (Phi) is 4.56. The van der Waals surface area contributed by atoms with Crippen molar-refractivity contribution in [2.75, 3.05) is 19.5 Å². The van der Waals surface area contributed by atoms with Crippen molar-refractivity contribution < 1.29 is 4.74 Å². The molecule has 1 aromatic rings. The van der Waals surface area contributed by atoms with E-state index >= 15 is 0 Å². The van der Waals surface area contributed by atoms with E-state index in [0.29, 0.717) is 5.92 Å². The zero-order valence-electron chi connectivity index (χ0n) is 9.95. The molecule has 1 aromatic heterocycles. The Morgan fingerprint density at radius 2 is 2.20 bits per heavy atom. The summed E-state index contributed by atoms with van der Waals surface area (Å²) in [6.07, 6.45) is 2.91. The van der Waals surface area contributed by atoms with Crippen LogP contribution in [0.2, 0.25) is 0 Å². The summed E-state index contributed by atoms with van der Waals surface area (Å²) < 4.78 is 5.46. The second-order valence-electron chi connectivity index (χ2n) is 4.07. The van der Waals surface area contributed by atoms with Gasteiger partial charge in [0.2, 0.25) is 0 Å². The van der Waals surface area contributed by atoms with Gasteiger partial charge in [0.1, 0.15) is 0 Å². The predicted molar refractivity (Wildman–Crippen MR) is 63.0 cm³/mol. The molecule has 0 bridgehead atoms. The SMILES string of the molecule is CNc1ccnc(C(CC(C)C)OC)c1. The summed E-state index contributed by atoms with van der Waals surface area (Å²) in [6, 6.07) is 3.99. The molecule has 1 rings (SSSR count). The van der Waals surface area contributed by atoms with Crippen LogP contribution in [0.3, 0.4) is 0 Å². The van der Waals surface area contributed by atoms with Crippen molar-refractivity contribution in [2.24, 2.45) is 5.92 Å². The van der Waals surface area contributed by atoms with Crippen LogP contribution in [0.25, 0.3) is 0 Å². The number of ether oxygens (including phenoxy) is 1. The first-order valence-corrected chi connectivity index (χ1v) is 5.33. The molecular formula is C12H20N2O. The van der Waals surface area contributed by atoms with E-state index in [4.69, 9.17) is 4.74 Å². The lowest BCUT2D eigenvalue weighted by atomic mass is 10.0. The average molecular weight is 208 g/mol. The van der Waals surface area contributed by atoms with Gasteiger partial charge in [-0.2, -0.15) is 0 Å². The minimum atomic E-state index is 0.0956. The number of nitrogens with one attached hydrogen (secondary N) is 1. The molecule has 1 atom stereocenters. The lowest BCUT2D eigenvalue weighted by molar-refractivity contribution is 0.0812. The molecule has 0 spiro atoms. The zero-order valence-corrected chi connectivity index (χ0v) is 9.95. The summed E-state index contributed by atoms with van der Waals surface area (Å²) >= 11 is 0. The van der Waals surface area contributed by atoms with E-state index in [9.17, 15) is 0 Å². The summed E-state index contributed by atoms with van der Waals surface area (Å²) in [6.45, 7) is 4.38. The molecule has 0 amide bonds. The van der Waals surface area contributed by atoms with Crippen molar-refractivity contribution >= 4 is 5.69 Å². The smallest absolute Gasteiger partial charge is 0.0993 e. The van der Waals surface area contributed by atoms with Crippen LogP contribution in [-0.2, 0) is 4.74 Å². The topological polar surface area (TPSA) is 34.2 Å². The van der Waals surface area contributed by atoms with Crippen LogP contribution >= 0.6 is 0 Å². The molecule has 1 heterocycles. The van der Waals surface area contributed by atoms with Crippen LogP contribution in [0.5, 0.6) is 0 Å². The van der Waals surface area contributed by atoms with Crippen molar-refractivity contribution in [3.63, 3.8) is 0 Å². The van der Waals surface area contributed by atoms with E-state index in [1.165, 1.54) is 0 Å². The fraction of sp³-hybridized carbons (Fsp3) is 0.583. The molecule has 0 aliphatic heterocycles. The molecule has 1 N–H and O–H groups in total. The lowest BCUT2D eigenvalue weighted by Gasteiger charge is -2.17. The number of nitrogens with zero attached hydrogens (tertiary/aromatic N) is 1. The minimum absolute atomic E-state index is 0.0956. The molecule has 0 saturated carbocycles. The van der Waals surface area contributed by atoms with Crippen molar-refractivity contribution in [1.29, 1.82) is 0 Å².